The third-order valence-corrected chi connectivity index (χ3v) is 4.02. The van der Waals surface area contributed by atoms with Crippen LogP contribution in [0.1, 0.15) is 18.5 Å². The highest BCUT2D eigenvalue weighted by molar-refractivity contribution is 5.70. The van der Waals surface area contributed by atoms with E-state index in [0.29, 0.717) is 0 Å². The van der Waals surface area contributed by atoms with E-state index in [9.17, 15) is 4.79 Å². The average Bonchev–Trinajstić information content (AvgIpc) is 3.17. The minimum atomic E-state index is -0.241. The maximum Gasteiger partial charge on any atom is 0.411 e. The van der Waals surface area contributed by atoms with Crippen LogP contribution in [0.15, 0.2) is 30.5 Å². The van der Waals surface area contributed by atoms with Crippen molar-refractivity contribution in [1.82, 2.24) is 14.7 Å². The van der Waals surface area contributed by atoms with E-state index in [0.717, 1.165) is 48.4 Å². The number of aromatic nitrogens is 2. The molecule has 0 spiro atoms. The standard InChI is InChI=1S/C17H22N4O2/c1-13-16(11-20(2)19-13)14-6-5-7-15(10-14)18-12-23-17(22)21-8-3-4-9-21/h5-7,10-11,18H,3-4,8-9,12H2,1-2H3. The summed E-state index contributed by atoms with van der Waals surface area (Å²) in [6.07, 6.45) is 3.89. The highest BCUT2D eigenvalue weighted by Crippen LogP contribution is 2.24. The van der Waals surface area contributed by atoms with E-state index in [-0.39, 0.29) is 12.8 Å². The minimum absolute atomic E-state index is 0.171. The number of amides is 1. The van der Waals surface area contributed by atoms with Gasteiger partial charge < -0.3 is 15.0 Å². The molecule has 23 heavy (non-hydrogen) atoms. The van der Waals surface area contributed by atoms with Gasteiger partial charge >= 0.3 is 6.09 Å². The molecule has 2 heterocycles. The Bertz CT molecular complexity index is 690. The lowest BCUT2D eigenvalue weighted by atomic mass is 10.1. The van der Waals surface area contributed by atoms with Crippen molar-refractivity contribution < 1.29 is 9.53 Å². The van der Waals surface area contributed by atoms with Gasteiger partial charge in [-0.1, -0.05) is 12.1 Å². The Morgan fingerprint density at radius 3 is 2.83 bits per heavy atom. The van der Waals surface area contributed by atoms with Crippen molar-refractivity contribution in [1.29, 1.82) is 0 Å². The molecular formula is C17H22N4O2. The summed E-state index contributed by atoms with van der Waals surface area (Å²) in [7, 11) is 1.91. The van der Waals surface area contributed by atoms with E-state index >= 15 is 0 Å². The van der Waals surface area contributed by atoms with Crippen LogP contribution < -0.4 is 5.32 Å². The van der Waals surface area contributed by atoms with Crippen molar-refractivity contribution in [3.8, 4) is 11.1 Å². The number of carbonyl (C=O) groups excluding carboxylic acids is 1. The van der Waals surface area contributed by atoms with Crippen LogP contribution in [0, 0.1) is 6.92 Å². The number of hydrogen-bond acceptors (Lipinski definition) is 4. The molecule has 1 aliphatic rings. The lowest BCUT2D eigenvalue weighted by molar-refractivity contribution is 0.117. The molecule has 1 aliphatic heterocycles. The summed E-state index contributed by atoms with van der Waals surface area (Å²) in [4.78, 5) is 13.6. The van der Waals surface area contributed by atoms with Gasteiger partial charge in [0.2, 0.25) is 0 Å². The van der Waals surface area contributed by atoms with Gasteiger partial charge in [0.1, 0.15) is 0 Å². The Balaban J connectivity index is 1.59. The molecule has 1 saturated heterocycles. The van der Waals surface area contributed by atoms with Gasteiger partial charge in [0.15, 0.2) is 6.73 Å². The molecular weight excluding hydrogens is 292 g/mol. The summed E-state index contributed by atoms with van der Waals surface area (Å²) in [6, 6.07) is 8.02. The predicted octanol–water partition coefficient (Wildman–Crippen LogP) is 3.00. The topological polar surface area (TPSA) is 59.4 Å². The number of likely N-dealkylation sites (tertiary alicyclic amines) is 1. The fraction of sp³-hybridized carbons (Fsp3) is 0.412. The first-order chi connectivity index (χ1) is 11.1. The predicted molar refractivity (Wildman–Crippen MR) is 89.2 cm³/mol. The number of rotatable bonds is 4. The van der Waals surface area contributed by atoms with Crippen molar-refractivity contribution in [3.05, 3.63) is 36.2 Å². The number of aryl methyl sites for hydroxylation is 2. The van der Waals surface area contributed by atoms with Crippen LogP contribution >= 0.6 is 0 Å². The number of hydrogen-bond donors (Lipinski definition) is 1. The highest BCUT2D eigenvalue weighted by atomic mass is 16.6. The Hall–Kier alpha value is -2.50. The number of anilines is 1. The Kier molecular flexibility index (Phi) is 4.50. The smallest absolute Gasteiger partial charge is 0.411 e. The third-order valence-electron chi connectivity index (χ3n) is 4.02. The molecule has 0 unspecified atom stereocenters. The second-order valence-corrected chi connectivity index (χ2v) is 5.81. The molecule has 1 amide bonds. The first-order valence-corrected chi connectivity index (χ1v) is 7.90. The molecule has 122 valence electrons. The third kappa shape index (κ3) is 3.64. The maximum atomic E-state index is 11.8. The minimum Gasteiger partial charge on any atom is -0.428 e. The van der Waals surface area contributed by atoms with Gasteiger partial charge in [-0.3, -0.25) is 4.68 Å². The van der Waals surface area contributed by atoms with Crippen LogP contribution in [-0.4, -0.2) is 40.6 Å². The van der Waals surface area contributed by atoms with Crippen LogP contribution in [0.2, 0.25) is 0 Å². The van der Waals surface area contributed by atoms with Crippen molar-refractivity contribution >= 4 is 11.8 Å². The second kappa shape index (κ2) is 6.73. The van der Waals surface area contributed by atoms with E-state index in [2.05, 4.69) is 10.4 Å². The molecule has 0 atom stereocenters. The van der Waals surface area contributed by atoms with Crippen LogP contribution in [0.3, 0.4) is 0 Å². The molecule has 1 fully saturated rings. The summed E-state index contributed by atoms with van der Waals surface area (Å²) >= 11 is 0. The normalized spacial score (nSPS) is 14.1. The van der Waals surface area contributed by atoms with E-state index in [1.165, 1.54) is 0 Å². The van der Waals surface area contributed by atoms with Gasteiger partial charge in [-0.05, 0) is 37.5 Å². The summed E-state index contributed by atoms with van der Waals surface area (Å²) in [6.45, 7) is 3.77. The molecule has 1 N–H and O–H groups in total. The molecule has 0 aliphatic carbocycles. The summed E-state index contributed by atoms with van der Waals surface area (Å²) < 4.78 is 7.07. The van der Waals surface area contributed by atoms with Crippen LogP contribution in [0.4, 0.5) is 10.5 Å². The van der Waals surface area contributed by atoms with Crippen LogP contribution in [0.25, 0.3) is 11.1 Å². The molecule has 1 aromatic carbocycles. The van der Waals surface area contributed by atoms with Crippen molar-refractivity contribution in [2.45, 2.75) is 19.8 Å². The zero-order valence-corrected chi connectivity index (χ0v) is 13.6. The van der Waals surface area contributed by atoms with Crippen molar-refractivity contribution in [2.24, 2.45) is 7.05 Å². The summed E-state index contributed by atoms with van der Waals surface area (Å²) in [5, 5.41) is 7.51. The zero-order chi connectivity index (χ0) is 16.2. The summed E-state index contributed by atoms with van der Waals surface area (Å²) in [5.74, 6) is 0. The maximum absolute atomic E-state index is 11.8. The number of nitrogens with zero attached hydrogens (tertiary/aromatic N) is 3. The Labute approximate surface area is 136 Å². The Morgan fingerprint density at radius 1 is 1.35 bits per heavy atom. The molecule has 1 aromatic heterocycles. The SMILES string of the molecule is Cc1nn(C)cc1-c1cccc(NCOC(=O)N2CCCC2)c1. The average molecular weight is 314 g/mol. The van der Waals surface area contributed by atoms with Crippen molar-refractivity contribution in [3.63, 3.8) is 0 Å². The van der Waals surface area contributed by atoms with Gasteiger partial charge in [0.25, 0.3) is 0 Å². The molecule has 0 radical (unpaired) electrons. The number of nitrogens with one attached hydrogen (secondary N) is 1. The summed E-state index contributed by atoms with van der Waals surface area (Å²) in [5.41, 5.74) is 4.10. The van der Waals surface area contributed by atoms with Gasteiger partial charge in [-0.25, -0.2) is 4.79 Å². The lowest BCUT2D eigenvalue weighted by Crippen LogP contribution is -2.29. The number of carbonyl (C=O) groups is 1. The Morgan fingerprint density at radius 2 is 2.13 bits per heavy atom. The molecule has 6 nitrogen and oxygen atoms in total. The van der Waals surface area contributed by atoms with E-state index in [4.69, 9.17) is 4.74 Å². The number of ether oxygens (including phenoxy) is 1. The fourth-order valence-electron chi connectivity index (χ4n) is 2.85. The van der Waals surface area contributed by atoms with Crippen LogP contribution in [-0.2, 0) is 11.8 Å². The second-order valence-electron chi connectivity index (χ2n) is 5.81. The quantitative estimate of drug-likeness (QED) is 0.881. The van der Waals surface area contributed by atoms with Crippen LogP contribution in [0.5, 0.6) is 0 Å². The number of benzene rings is 1. The molecule has 2 aromatic rings. The lowest BCUT2D eigenvalue weighted by Gasteiger charge is -2.15. The van der Waals surface area contributed by atoms with Gasteiger partial charge in [-0.15, -0.1) is 0 Å². The monoisotopic (exact) mass is 314 g/mol. The molecule has 6 heteroatoms. The molecule has 0 bridgehead atoms. The highest BCUT2D eigenvalue weighted by Gasteiger charge is 2.18. The first kappa shape index (κ1) is 15.4. The van der Waals surface area contributed by atoms with Crippen molar-refractivity contribution in [2.75, 3.05) is 25.1 Å². The van der Waals surface area contributed by atoms with E-state index < -0.39 is 0 Å². The zero-order valence-electron chi connectivity index (χ0n) is 13.6. The van der Waals surface area contributed by atoms with Gasteiger partial charge in [-0.2, -0.15) is 5.10 Å². The van der Waals surface area contributed by atoms with E-state index in [1.54, 1.807) is 4.90 Å². The van der Waals surface area contributed by atoms with Gasteiger partial charge in [0.05, 0.1) is 5.69 Å². The molecule has 3 rings (SSSR count). The fourth-order valence-corrected chi connectivity index (χ4v) is 2.85. The van der Waals surface area contributed by atoms with Gasteiger partial charge in [0, 0.05) is 37.6 Å². The molecule has 0 saturated carbocycles. The largest absolute Gasteiger partial charge is 0.428 e. The van der Waals surface area contributed by atoms with E-state index in [1.807, 2.05) is 49.1 Å². The first-order valence-electron chi connectivity index (χ1n) is 7.90.